The number of rotatable bonds is 8. The number of nitrogens with zero attached hydrogens (tertiary/aromatic N) is 1. The van der Waals surface area contributed by atoms with E-state index in [2.05, 4.69) is 0 Å². The lowest BCUT2D eigenvalue weighted by Crippen LogP contribution is -2.26. The molecule has 0 N–H and O–H groups in total. The molecule has 0 bridgehead atoms. The van der Waals surface area contributed by atoms with E-state index in [0.29, 0.717) is 19.5 Å². The molecule has 1 atom stereocenters. The second-order valence-electron chi connectivity index (χ2n) is 4.35. The van der Waals surface area contributed by atoms with E-state index in [9.17, 15) is 14.0 Å². The van der Waals surface area contributed by atoms with Crippen LogP contribution in [0.25, 0.3) is 0 Å². The van der Waals surface area contributed by atoms with Gasteiger partial charge in [-0.3, -0.25) is 9.59 Å². The average Bonchev–Trinajstić information content (AvgIpc) is 2.43. The molecule has 0 heterocycles. The molecule has 0 fully saturated rings. The predicted molar refractivity (Wildman–Crippen MR) is 67.7 cm³/mol. The summed E-state index contributed by atoms with van der Waals surface area (Å²) in [5.74, 6) is -0.742. The van der Waals surface area contributed by atoms with Crippen molar-refractivity contribution in [1.82, 2.24) is 4.90 Å². The first-order valence-corrected chi connectivity index (χ1v) is 5.99. The number of carbonyl (C=O) groups is 2. The summed E-state index contributed by atoms with van der Waals surface area (Å²) in [6.07, 6.45) is 1.26. The van der Waals surface area contributed by atoms with E-state index >= 15 is 0 Å². The van der Waals surface area contributed by atoms with E-state index < -0.39 is 12.5 Å². The number of alkyl halides is 1. The van der Waals surface area contributed by atoms with Gasteiger partial charge in [0, 0.05) is 19.0 Å². The molecule has 1 unspecified atom stereocenters. The zero-order valence-corrected chi connectivity index (χ0v) is 10.5. The van der Waals surface area contributed by atoms with Crippen LogP contribution in [0.3, 0.4) is 0 Å². The lowest BCUT2D eigenvalue weighted by Gasteiger charge is -2.19. The van der Waals surface area contributed by atoms with Crippen molar-refractivity contribution in [1.29, 1.82) is 0 Å². The van der Waals surface area contributed by atoms with Gasteiger partial charge in [-0.15, -0.1) is 0 Å². The Morgan fingerprint density at radius 3 is 2.61 bits per heavy atom. The molecule has 1 aromatic carbocycles. The van der Waals surface area contributed by atoms with Gasteiger partial charge in [0.25, 0.3) is 0 Å². The van der Waals surface area contributed by atoms with Gasteiger partial charge in [0.05, 0.1) is 0 Å². The first-order valence-electron chi connectivity index (χ1n) is 5.99. The van der Waals surface area contributed by atoms with Crippen LogP contribution in [0.2, 0.25) is 0 Å². The van der Waals surface area contributed by atoms with E-state index in [1.807, 2.05) is 30.3 Å². The minimum Gasteiger partial charge on any atom is -0.341 e. The summed E-state index contributed by atoms with van der Waals surface area (Å²) in [6, 6.07) is 9.61. The predicted octanol–water partition coefficient (Wildman–Crippen LogP) is 2.21. The van der Waals surface area contributed by atoms with Crippen LogP contribution in [0.5, 0.6) is 0 Å². The largest absolute Gasteiger partial charge is 0.341 e. The van der Waals surface area contributed by atoms with Crippen LogP contribution < -0.4 is 0 Å². The zero-order valence-electron chi connectivity index (χ0n) is 10.5. The number of amides is 1. The highest BCUT2D eigenvalue weighted by Gasteiger charge is 2.13. The Morgan fingerprint density at radius 1 is 1.39 bits per heavy atom. The first kappa shape index (κ1) is 14.4. The molecule has 0 radical (unpaired) electrons. The lowest BCUT2D eigenvalue weighted by molar-refractivity contribution is -0.124. The molecule has 0 aliphatic carbocycles. The third-order valence-electron chi connectivity index (χ3n) is 2.91. The SMILES string of the molecule is CC(CCN(C=O)Cc1ccccc1)C(=O)CF. The number of halogens is 1. The Hall–Kier alpha value is -1.71. The molecular weight excluding hydrogens is 233 g/mol. The quantitative estimate of drug-likeness (QED) is 0.664. The van der Waals surface area contributed by atoms with Gasteiger partial charge < -0.3 is 4.90 Å². The van der Waals surface area contributed by atoms with Crippen molar-refractivity contribution in [3.8, 4) is 0 Å². The van der Waals surface area contributed by atoms with Crippen LogP contribution in [0.15, 0.2) is 30.3 Å². The summed E-state index contributed by atoms with van der Waals surface area (Å²) < 4.78 is 12.2. The maximum Gasteiger partial charge on any atom is 0.210 e. The second kappa shape index (κ2) is 7.58. The highest BCUT2D eigenvalue weighted by atomic mass is 19.1. The van der Waals surface area contributed by atoms with Crippen molar-refractivity contribution in [2.24, 2.45) is 5.92 Å². The van der Waals surface area contributed by atoms with Gasteiger partial charge in [-0.25, -0.2) is 4.39 Å². The maximum absolute atomic E-state index is 12.2. The Morgan fingerprint density at radius 2 is 2.06 bits per heavy atom. The van der Waals surface area contributed by atoms with Crippen molar-refractivity contribution in [2.45, 2.75) is 19.9 Å². The minimum atomic E-state index is -0.930. The summed E-state index contributed by atoms with van der Waals surface area (Å²) in [7, 11) is 0. The monoisotopic (exact) mass is 251 g/mol. The van der Waals surface area contributed by atoms with Gasteiger partial charge in [0.15, 0.2) is 5.78 Å². The molecule has 1 amide bonds. The smallest absolute Gasteiger partial charge is 0.210 e. The summed E-state index contributed by atoms with van der Waals surface area (Å²) in [6.45, 7) is 1.74. The van der Waals surface area contributed by atoms with E-state index in [1.165, 1.54) is 0 Å². The molecule has 1 aromatic rings. The summed E-state index contributed by atoms with van der Waals surface area (Å²) >= 11 is 0. The molecule has 0 aromatic heterocycles. The Balaban J connectivity index is 2.43. The van der Waals surface area contributed by atoms with Gasteiger partial charge in [0.1, 0.15) is 6.67 Å². The van der Waals surface area contributed by atoms with Crippen LogP contribution in [0, 0.1) is 5.92 Å². The molecule has 98 valence electrons. The molecule has 4 heteroatoms. The molecule has 0 saturated heterocycles. The standard InChI is InChI=1S/C14H18FNO2/c1-12(14(18)9-15)7-8-16(11-17)10-13-5-3-2-4-6-13/h2-6,11-12H,7-10H2,1H3. The van der Waals surface area contributed by atoms with Crippen molar-refractivity contribution >= 4 is 12.2 Å². The fraction of sp³-hybridized carbons (Fsp3) is 0.429. The van der Waals surface area contributed by atoms with E-state index in [1.54, 1.807) is 11.8 Å². The third kappa shape index (κ3) is 4.65. The van der Waals surface area contributed by atoms with Gasteiger partial charge >= 0.3 is 0 Å². The number of Topliss-reactive ketones (excluding diaryl/α,β-unsaturated/α-hetero) is 1. The lowest BCUT2D eigenvalue weighted by atomic mass is 10.0. The summed E-state index contributed by atoms with van der Waals surface area (Å²) in [5.41, 5.74) is 1.04. The van der Waals surface area contributed by atoms with Gasteiger partial charge in [-0.05, 0) is 12.0 Å². The fourth-order valence-corrected chi connectivity index (χ4v) is 1.64. The van der Waals surface area contributed by atoms with Crippen molar-refractivity contribution in [3.63, 3.8) is 0 Å². The van der Waals surface area contributed by atoms with Crippen LogP contribution in [0.4, 0.5) is 4.39 Å². The molecule has 0 saturated carbocycles. The highest BCUT2D eigenvalue weighted by molar-refractivity contribution is 5.81. The molecule has 0 spiro atoms. The van der Waals surface area contributed by atoms with E-state index in [-0.39, 0.29) is 5.92 Å². The first-order chi connectivity index (χ1) is 8.67. The van der Waals surface area contributed by atoms with Gasteiger partial charge in [-0.1, -0.05) is 37.3 Å². The Bertz CT molecular complexity index is 381. The number of ketones is 1. The molecule has 0 aliphatic rings. The minimum absolute atomic E-state index is 0.340. The maximum atomic E-state index is 12.2. The number of benzene rings is 1. The Kier molecular flexibility index (Phi) is 6.05. The number of hydrogen-bond acceptors (Lipinski definition) is 2. The summed E-state index contributed by atoms with van der Waals surface area (Å²) in [5, 5.41) is 0. The number of hydrogen-bond donors (Lipinski definition) is 0. The fourth-order valence-electron chi connectivity index (χ4n) is 1.64. The van der Waals surface area contributed by atoms with E-state index in [4.69, 9.17) is 0 Å². The van der Waals surface area contributed by atoms with Gasteiger partial charge in [0.2, 0.25) is 6.41 Å². The Labute approximate surface area is 107 Å². The molecule has 3 nitrogen and oxygen atoms in total. The average molecular weight is 251 g/mol. The number of carbonyl (C=O) groups excluding carboxylic acids is 2. The highest BCUT2D eigenvalue weighted by Crippen LogP contribution is 2.08. The van der Waals surface area contributed by atoms with Crippen LogP contribution >= 0.6 is 0 Å². The topological polar surface area (TPSA) is 37.4 Å². The summed E-state index contributed by atoms with van der Waals surface area (Å²) in [4.78, 5) is 23.6. The second-order valence-corrected chi connectivity index (χ2v) is 4.35. The van der Waals surface area contributed by atoms with Crippen LogP contribution in [-0.2, 0) is 16.1 Å². The van der Waals surface area contributed by atoms with Crippen molar-refractivity contribution < 1.29 is 14.0 Å². The van der Waals surface area contributed by atoms with Crippen LogP contribution in [0.1, 0.15) is 18.9 Å². The molecule has 1 rings (SSSR count). The van der Waals surface area contributed by atoms with Crippen LogP contribution in [-0.4, -0.2) is 30.3 Å². The normalized spacial score (nSPS) is 11.9. The third-order valence-corrected chi connectivity index (χ3v) is 2.91. The molecule has 0 aliphatic heterocycles. The van der Waals surface area contributed by atoms with Crippen molar-refractivity contribution in [2.75, 3.05) is 13.2 Å². The molecular formula is C14H18FNO2. The molecule has 18 heavy (non-hydrogen) atoms. The van der Waals surface area contributed by atoms with Crippen molar-refractivity contribution in [3.05, 3.63) is 35.9 Å². The van der Waals surface area contributed by atoms with E-state index in [0.717, 1.165) is 12.0 Å². The van der Waals surface area contributed by atoms with Gasteiger partial charge in [-0.2, -0.15) is 0 Å². The zero-order chi connectivity index (χ0) is 13.4.